The molecule has 0 saturated carbocycles. The Hall–Kier alpha value is -0.570. The van der Waals surface area contributed by atoms with Crippen LogP contribution in [0.25, 0.3) is 0 Å². The lowest BCUT2D eigenvalue weighted by Gasteiger charge is -2.22. The fourth-order valence-electron chi connectivity index (χ4n) is 2.69. The summed E-state index contributed by atoms with van der Waals surface area (Å²) in [4.78, 5) is 11.8. The minimum atomic E-state index is 0.246. The van der Waals surface area contributed by atoms with Crippen LogP contribution in [0.15, 0.2) is 0 Å². The van der Waals surface area contributed by atoms with Crippen LogP contribution in [0.4, 0.5) is 0 Å². The van der Waals surface area contributed by atoms with Gasteiger partial charge < -0.3 is 10.6 Å². The fraction of sp³-hybridized carbons (Fsp3) is 0.938. The number of amides is 1. The largest absolute Gasteiger partial charge is 0.356 e. The summed E-state index contributed by atoms with van der Waals surface area (Å²) in [6.07, 6.45) is 9.48. The molecule has 1 rings (SSSR count). The first kappa shape index (κ1) is 16.5. The first-order valence-electron chi connectivity index (χ1n) is 8.16. The average molecular weight is 268 g/mol. The first-order chi connectivity index (χ1) is 9.18. The van der Waals surface area contributed by atoms with Crippen LogP contribution in [0.3, 0.4) is 0 Å². The molecule has 0 aliphatic carbocycles. The Bertz CT molecular complexity index is 235. The molecule has 1 heterocycles. The summed E-state index contributed by atoms with van der Waals surface area (Å²) >= 11 is 0. The molecule has 1 aliphatic rings. The molecular weight excluding hydrogens is 236 g/mol. The maximum absolute atomic E-state index is 11.8. The second-order valence-corrected chi connectivity index (χ2v) is 6.36. The highest BCUT2D eigenvalue weighted by Crippen LogP contribution is 2.13. The zero-order valence-corrected chi connectivity index (χ0v) is 12.8. The molecule has 1 unspecified atom stereocenters. The highest BCUT2D eigenvalue weighted by atomic mass is 16.1. The van der Waals surface area contributed by atoms with Gasteiger partial charge in [-0.05, 0) is 44.2 Å². The van der Waals surface area contributed by atoms with Crippen molar-refractivity contribution in [2.24, 2.45) is 11.8 Å². The topological polar surface area (TPSA) is 41.1 Å². The lowest BCUT2D eigenvalue weighted by molar-refractivity contribution is -0.122. The molecule has 1 fully saturated rings. The molecule has 19 heavy (non-hydrogen) atoms. The Kier molecular flexibility index (Phi) is 8.89. The molecule has 0 aromatic carbocycles. The minimum absolute atomic E-state index is 0.246. The summed E-state index contributed by atoms with van der Waals surface area (Å²) in [5.74, 6) is 1.62. The molecule has 3 nitrogen and oxygen atoms in total. The van der Waals surface area contributed by atoms with Crippen LogP contribution in [0.1, 0.15) is 65.2 Å². The summed E-state index contributed by atoms with van der Waals surface area (Å²) in [5.41, 5.74) is 0. The van der Waals surface area contributed by atoms with Crippen molar-refractivity contribution in [2.75, 3.05) is 19.6 Å². The molecule has 112 valence electrons. The molecule has 1 saturated heterocycles. The Morgan fingerprint density at radius 3 is 2.74 bits per heavy atom. The third-order valence-electron chi connectivity index (χ3n) is 3.90. The summed E-state index contributed by atoms with van der Waals surface area (Å²) in [5, 5.41) is 6.42. The van der Waals surface area contributed by atoms with Crippen molar-refractivity contribution in [1.29, 1.82) is 0 Å². The lowest BCUT2D eigenvalue weighted by Crippen LogP contribution is -2.34. The van der Waals surface area contributed by atoms with Crippen molar-refractivity contribution in [3.05, 3.63) is 0 Å². The van der Waals surface area contributed by atoms with Crippen LogP contribution in [0.2, 0.25) is 0 Å². The number of hydrogen-bond donors (Lipinski definition) is 2. The number of nitrogens with one attached hydrogen (secondary N) is 2. The van der Waals surface area contributed by atoms with E-state index in [1.54, 1.807) is 0 Å². The summed E-state index contributed by atoms with van der Waals surface area (Å²) in [7, 11) is 0. The third-order valence-corrected chi connectivity index (χ3v) is 3.90. The molecule has 0 bridgehead atoms. The van der Waals surface area contributed by atoms with Crippen LogP contribution < -0.4 is 10.6 Å². The fourth-order valence-corrected chi connectivity index (χ4v) is 2.69. The van der Waals surface area contributed by atoms with Gasteiger partial charge in [0.2, 0.25) is 5.91 Å². The van der Waals surface area contributed by atoms with E-state index in [4.69, 9.17) is 0 Å². The number of piperidine rings is 1. The van der Waals surface area contributed by atoms with Crippen LogP contribution in [-0.4, -0.2) is 25.5 Å². The quantitative estimate of drug-likeness (QED) is 0.631. The van der Waals surface area contributed by atoms with Gasteiger partial charge >= 0.3 is 0 Å². The highest BCUT2D eigenvalue weighted by molar-refractivity contribution is 5.76. The van der Waals surface area contributed by atoms with Gasteiger partial charge in [-0.15, -0.1) is 0 Å². The number of carbonyl (C=O) groups is 1. The van der Waals surface area contributed by atoms with Crippen molar-refractivity contribution in [2.45, 2.75) is 65.2 Å². The van der Waals surface area contributed by atoms with Gasteiger partial charge in [-0.3, -0.25) is 4.79 Å². The van der Waals surface area contributed by atoms with Crippen molar-refractivity contribution < 1.29 is 4.79 Å². The zero-order valence-electron chi connectivity index (χ0n) is 12.8. The van der Waals surface area contributed by atoms with E-state index < -0.39 is 0 Å². The second kappa shape index (κ2) is 10.2. The maximum atomic E-state index is 11.8. The number of carbonyl (C=O) groups excluding carboxylic acids is 1. The van der Waals surface area contributed by atoms with Gasteiger partial charge in [0.1, 0.15) is 0 Å². The van der Waals surface area contributed by atoms with Crippen molar-refractivity contribution in [3.63, 3.8) is 0 Å². The monoisotopic (exact) mass is 268 g/mol. The van der Waals surface area contributed by atoms with Crippen LogP contribution in [0.5, 0.6) is 0 Å². The lowest BCUT2D eigenvalue weighted by atomic mass is 9.96. The molecule has 3 heteroatoms. The van der Waals surface area contributed by atoms with Crippen LogP contribution in [0, 0.1) is 11.8 Å². The molecule has 0 radical (unpaired) electrons. The van der Waals surface area contributed by atoms with Gasteiger partial charge in [-0.1, -0.05) is 39.5 Å². The van der Waals surface area contributed by atoms with E-state index in [0.29, 0.717) is 12.3 Å². The van der Waals surface area contributed by atoms with E-state index in [-0.39, 0.29) is 5.91 Å². The molecule has 1 aliphatic heterocycles. The van der Waals surface area contributed by atoms with Gasteiger partial charge in [0.25, 0.3) is 0 Å². The highest BCUT2D eigenvalue weighted by Gasteiger charge is 2.16. The smallest absolute Gasteiger partial charge is 0.220 e. The average Bonchev–Trinajstić information content (AvgIpc) is 2.38. The van der Waals surface area contributed by atoms with Crippen LogP contribution >= 0.6 is 0 Å². The first-order valence-corrected chi connectivity index (χ1v) is 8.16. The molecule has 0 aromatic rings. The predicted octanol–water partition coefficient (Wildman–Crippen LogP) is 3.10. The molecule has 1 atom stereocenters. The Labute approximate surface area is 118 Å². The third kappa shape index (κ3) is 9.04. The molecule has 0 spiro atoms. The summed E-state index contributed by atoms with van der Waals surface area (Å²) < 4.78 is 0. The molecule has 2 N–H and O–H groups in total. The second-order valence-electron chi connectivity index (χ2n) is 6.36. The van der Waals surface area contributed by atoms with Crippen LogP contribution in [-0.2, 0) is 4.79 Å². The number of hydrogen-bond acceptors (Lipinski definition) is 2. The van der Waals surface area contributed by atoms with Crippen molar-refractivity contribution >= 4 is 5.91 Å². The number of unbranched alkanes of at least 4 members (excludes halogenated alkanes) is 3. The SMILES string of the molecule is CC(C)CCCCCCNC(=O)CC1CCCNC1. The Balaban J connectivity index is 1.89. The van der Waals surface area contributed by atoms with Gasteiger partial charge in [0, 0.05) is 13.0 Å². The van der Waals surface area contributed by atoms with E-state index in [1.165, 1.54) is 38.5 Å². The van der Waals surface area contributed by atoms with Gasteiger partial charge in [0.15, 0.2) is 0 Å². The van der Waals surface area contributed by atoms with E-state index in [1.807, 2.05) is 0 Å². The van der Waals surface area contributed by atoms with Crippen molar-refractivity contribution in [3.8, 4) is 0 Å². The Morgan fingerprint density at radius 1 is 1.26 bits per heavy atom. The van der Waals surface area contributed by atoms with Gasteiger partial charge in [-0.2, -0.15) is 0 Å². The minimum Gasteiger partial charge on any atom is -0.356 e. The predicted molar refractivity (Wildman–Crippen MR) is 81.1 cm³/mol. The summed E-state index contributed by atoms with van der Waals surface area (Å²) in [6.45, 7) is 7.55. The molecule has 1 amide bonds. The van der Waals surface area contributed by atoms with Crippen molar-refractivity contribution in [1.82, 2.24) is 10.6 Å². The molecular formula is C16H32N2O. The van der Waals surface area contributed by atoms with Gasteiger partial charge in [-0.25, -0.2) is 0 Å². The maximum Gasteiger partial charge on any atom is 0.220 e. The van der Waals surface area contributed by atoms with E-state index in [9.17, 15) is 4.79 Å². The standard InChI is InChI=1S/C16H32N2O/c1-14(2)8-5-3-4-6-11-18-16(19)12-15-9-7-10-17-13-15/h14-15,17H,3-13H2,1-2H3,(H,18,19). The Morgan fingerprint density at radius 2 is 2.05 bits per heavy atom. The summed E-state index contributed by atoms with van der Waals surface area (Å²) in [6, 6.07) is 0. The van der Waals surface area contributed by atoms with E-state index >= 15 is 0 Å². The molecule has 0 aromatic heterocycles. The van der Waals surface area contributed by atoms with E-state index in [2.05, 4.69) is 24.5 Å². The zero-order chi connectivity index (χ0) is 13.9. The number of rotatable bonds is 9. The van der Waals surface area contributed by atoms with E-state index in [0.717, 1.165) is 32.0 Å². The normalized spacial score (nSPS) is 19.6. The van der Waals surface area contributed by atoms with Gasteiger partial charge in [0.05, 0.1) is 0 Å².